The Morgan fingerprint density at radius 3 is 2.31 bits per heavy atom. The molecule has 0 aliphatic rings. The summed E-state index contributed by atoms with van der Waals surface area (Å²) < 4.78 is 0. The average molecular weight is 221 g/mol. The largest absolute Gasteiger partial charge is 0.508 e. The molecule has 0 bridgehead atoms. The molecule has 0 aliphatic carbocycles. The highest BCUT2D eigenvalue weighted by Gasteiger charge is 2.14. The molecule has 1 N–H and O–H groups in total. The van der Waals surface area contributed by atoms with Gasteiger partial charge in [-0.1, -0.05) is 26.0 Å². The van der Waals surface area contributed by atoms with E-state index in [0.717, 1.165) is 13.1 Å². The monoisotopic (exact) mass is 221 g/mol. The predicted molar refractivity (Wildman–Crippen MR) is 68.7 cm³/mol. The van der Waals surface area contributed by atoms with Crippen molar-refractivity contribution in [2.75, 3.05) is 13.1 Å². The van der Waals surface area contributed by atoms with Crippen molar-refractivity contribution in [1.82, 2.24) is 4.90 Å². The maximum atomic E-state index is 9.49. The molecule has 90 valence electrons. The van der Waals surface area contributed by atoms with Crippen molar-refractivity contribution in [2.24, 2.45) is 0 Å². The van der Waals surface area contributed by atoms with Crippen LogP contribution in [-0.2, 0) is 0 Å². The van der Waals surface area contributed by atoms with Crippen LogP contribution in [0.2, 0.25) is 0 Å². The summed E-state index contributed by atoms with van der Waals surface area (Å²) >= 11 is 0. The molecule has 2 nitrogen and oxygen atoms in total. The first-order valence-electron chi connectivity index (χ1n) is 6.22. The third-order valence-corrected chi connectivity index (χ3v) is 2.92. The standard InChI is InChI=1S/C14H23NO/c1-4-9-15(10-5-2)12(3)13-7-6-8-14(16)11-13/h6-8,11-12,16H,4-5,9-10H2,1-3H3. The van der Waals surface area contributed by atoms with Gasteiger partial charge in [-0.15, -0.1) is 0 Å². The number of rotatable bonds is 6. The van der Waals surface area contributed by atoms with Gasteiger partial charge in [-0.3, -0.25) is 4.90 Å². The lowest BCUT2D eigenvalue weighted by Gasteiger charge is -2.28. The molecule has 0 saturated heterocycles. The van der Waals surface area contributed by atoms with E-state index < -0.39 is 0 Å². The van der Waals surface area contributed by atoms with Gasteiger partial charge < -0.3 is 5.11 Å². The van der Waals surface area contributed by atoms with Gasteiger partial charge in [0.2, 0.25) is 0 Å². The van der Waals surface area contributed by atoms with E-state index in [1.54, 1.807) is 6.07 Å². The molecule has 0 amide bonds. The van der Waals surface area contributed by atoms with Crippen molar-refractivity contribution in [1.29, 1.82) is 0 Å². The van der Waals surface area contributed by atoms with E-state index in [2.05, 4.69) is 31.7 Å². The Balaban J connectivity index is 2.76. The summed E-state index contributed by atoms with van der Waals surface area (Å²) in [6.07, 6.45) is 2.34. The molecular formula is C14H23NO. The minimum absolute atomic E-state index is 0.359. The molecule has 0 aliphatic heterocycles. The minimum Gasteiger partial charge on any atom is -0.508 e. The van der Waals surface area contributed by atoms with Gasteiger partial charge >= 0.3 is 0 Å². The van der Waals surface area contributed by atoms with Crippen LogP contribution in [0.25, 0.3) is 0 Å². The number of aromatic hydroxyl groups is 1. The van der Waals surface area contributed by atoms with Crippen molar-refractivity contribution < 1.29 is 5.11 Å². The van der Waals surface area contributed by atoms with E-state index in [4.69, 9.17) is 0 Å². The van der Waals surface area contributed by atoms with Gasteiger partial charge in [0.1, 0.15) is 5.75 Å². The summed E-state index contributed by atoms with van der Waals surface area (Å²) in [7, 11) is 0. The van der Waals surface area contributed by atoms with Gasteiger partial charge in [-0.25, -0.2) is 0 Å². The second-order valence-electron chi connectivity index (χ2n) is 4.31. The predicted octanol–water partition coefficient (Wildman–Crippen LogP) is 3.58. The minimum atomic E-state index is 0.359. The van der Waals surface area contributed by atoms with Gasteiger partial charge in [0, 0.05) is 6.04 Å². The van der Waals surface area contributed by atoms with Crippen LogP contribution in [0.4, 0.5) is 0 Å². The lowest BCUT2D eigenvalue weighted by Crippen LogP contribution is -2.28. The topological polar surface area (TPSA) is 23.5 Å². The van der Waals surface area contributed by atoms with Gasteiger partial charge in [0.25, 0.3) is 0 Å². The summed E-state index contributed by atoms with van der Waals surface area (Å²) in [5.74, 6) is 0.359. The number of hydrogen-bond acceptors (Lipinski definition) is 2. The fourth-order valence-electron chi connectivity index (χ4n) is 2.07. The highest BCUT2D eigenvalue weighted by molar-refractivity contribution is 5.29. The van der Waals surface area contributed by atoms with Gasteiger partial charge in [0.15, 0.2) is 0 Å². The van der Waals surface area contributed by atoms with Crippen LogP contribution in [0.15, 0.2) is 24.3 Å². The summed E-state index contributed by atoms with van der Waals surface area (Å²) in [4.78, 5) is 2.47. The Hall–Kier alpha value is -1.02. The summed E-state index contributed by atoms with van der Waals surface area (Å²) in [6, 6.07) is 7.97. The van der Waals surface area contributed by atoms with Crippen LogP contribution >= 0.6 is 0 Å². The van der Waals surface area contributed by atoms with E-state index in [0.29, 0.717) is 11.8 Å². The van der Waals surface area contributed by atoms with E-state index in [1.165, 1.54) is 18.4 Å². The fraction of sp³-hybridized carbons (Fsp3) is 0.571. The van der Waals surface area contributed by atoms with Crippen LogP contribution < -0.4 is 0 Å². The van der Waals surface area contributed by atoms with Crippen LogP contribution in [-0.4, -0.2) is 23.1 Å². The molecule has 0 fully saturated rings. The highest BCUT2D eigenvalue weighted by atomic mass is 16.3. The number of nitrogens with zero attached hydrogens (tertiary/aromatic N) is 1. The molecule has 1 aromatic rings. The normalized spacial score (nSPS) is 13.0. The van der Waals surface area contributed by atoms with Crippen LogP contribution in [0.5, 0.6) is 5.75 Å². The van der Waals surface area contributed by atoms with Crippen molar-refractivity contribution in [3.05, 3.63) is 29.8 Å². The number of phenols is 1. The maximum absolute atomic E-state index is 9.49. The quantitative estimate of drug-likeness (QED) is 0.793. The fourth-order valence-corrected chi connectivity index (χ4v) is 2.07. The van der Waals surface area contributed by atoms with E-state index >= 15 is 0 Å². The van der Waals surface area contributed by atoms with E-state index in [9.17, 15) is 5.11 Å². The molecule has 0 spiro atoms. The first-order chi connectivity index (χ1) is 7.69. The molecule has 16 heavy (non-hydrogen) atoms. The molecular weight excluding hydrogens is 198 g/mol. The molecule has 0 radical (unpaired) electrons. The third-order valence-electron chi connectivity index (χ3n) is 2.92. The second-order valence-corrected chi connectivity index (χ2v) is 4.31. The van der Waals surface area contributed by atoms with E-state index in [-0.39, 0.29) is 0 Å². The van der Waals surface area contributed by atoms with Crippen LogP contribution in [0, 0.1) is 0 Å². The van der Waals surface area contributed by atoms with Gasteiger partial charge in [-0.05, 0) is 50.6 Å². The molecule has 0 aromatic heterocycles. The molecule has 2 heteroatoms. The van der Waals surface area contributed by atoms with Gasteiger partial charge in [-0.2, -0.15) is 0 Å². The SMILES string of the molecule is CCCN(CCC)C(C)c1cccc(O)c1. The van der Waals surface area contributed by atoms with Crippen molar-refractivity contribution in [3.63, 3.8) is 0 Å². The van der Waals surface area contributed by atoms with E-state index in [1.807, 2.05) is 12.1 Å². The molecule has 1 rings (SSSR count). The Morgan fingerprint density at radius 1 is 1.19 bits per heavy atom. The smallest absolute Gasteiger partial charge is 0.115 e. The lowest BCUT2D eigenvalue weighted by atomic mass is 10.1. The van der Waals surface area contributed by atoms with Crippen molar-refractivity contribution >= 4 is 0 Å². The van der Waals surface area contributed by atoms with Crippen molar-refractivity contribution in [2.45, 2.75) is 39.7 Å². The number of phenolic OH excluding ortho intramolecular Hbond substituents is 1. The highest BCUT2D eigenvalue weighted by Crippen LogP contribution is 2.23. The molecule has 0 saturated carbocycles. The van der Waals surface area contributed by atoms with Gasteiger partial charge in [0.05, 0.1) is 0 Å². The zero-order valence-corrected chi connectivity index (χ0v) is 10.6. The maximum Gasteiger partial charge on any atom is 0.115 e. The second kappa shape index (κ2) is 6.54. The summed E-state index contributed by atoms with van der Waals surface area (Å²) in [6.45, 7) is 8.85. The Bertz CT molecular complexity index is 305. The summed E-state index contributed by atoms with van der Waals surface area (Å²) in [5, 5.41) is 9.49. The average Bonchev–Trinajstić information content (AvgIpc) is 2.28. The number of hydrogen-bond donors (Lipinski definition) is 1. The molecule has 1 atom stereocenters. The lowest BCUT2D eigenvalue weighted by molar-refractivity contribution is 0.211. The first-order valence-corrected chi connectivity index (χ1v) is 6.22. The Kier molecular flexibility index (Phi) is 5.33. The molecule has 1 unspecified atom stereocenters. The summed E-state index contributed by atoms with van der Waals surface area (Å²) in [5.41, 5.74) is 1.20. The first kappa shape index (κ1) is 13.0. The molecule has 1 aromatic carbocycles. The third kappa shape index (κ3) is 3.53. The van der Waals surface area contributed by atoms with Crippen molar-refractivity contribution in [3.8, 4) is 5.75 Å². The molecule has 0 heterocycles. The zero-order valence-electron chi connectivity index (χ0n) is 10.6. The Labute approximate surface area is 98.9 Å². The van der Waals surface area contributed by atoms with Crippen LogP contribution in [0.3, 0.4) is 0 Å². The zero-order chi connectivity index (χ0) is 12.0. The Morgan fingerprint density at radius 2 is 1.81 bits per heavy atom. The number of benzene rings is 1. The van der Waals surface area contributed by atoms with Crippen LogP contribution in [0.1, 0.15) is 45.2 Å².